The van der Waals surface area contributed by atoms with Crippen molar-refractivity contribution in [2.24, 2.45) is 0 Å². The second-order valence-corrected chi connectivity index (χ2v) is 6.95. The molecule has 2 aromatic rings. The summed E-state index contributed by atoms with van der Waals surface area (Å²) in [5.41, 5.74) is 2.24. The third kappa shape index (κ3) is 3.70. The van der Waals surface area contributed by atoms with E-state index in [1.165, 1.54) is 17.0 Å². The number of unbranched alkanes of at least 4 members (excludes halogenated alkanes) is 1. The Morgan fingerprint density at radius 1 is 1.04 bits per heavy atom. The summed E-state index contributed by atoms with van der Waals surface area (Å²) in [4.78, 5) is 26.9. The highest BCUT2D eigenvalue weighted by atomic mass is 19.1. The van der Waals surface area contributed by atoms with Crippen molar-refractivity contribution in [1.82, 2.24) is 4.90 Å². The van der Waals surface area contributed by atoms with Crippen molar-refractivity contribution in [2.45, 2.75) is 39.2 Å². The molecule has 2 aromatic carbocycles. The summed E-state index contributed by atoms with van der Waals surface area (Å²) in [6, 6.07) is 12.2. The number of hydrogen-bond donors (Lipinski definition) is 1. The van der Waals surface area contributed by atoms with Crippen molar-refractivity contribution in [3.63, 3.8) is 0 Å². The highest BCUT2D eigenvalue weighted by Crippen LogP contribution is 2.39. The van der Waals surface area contributed by atoms with E-state index in [2.05, 4.69) is 0 Å². The van der Waals surface area contributed by atoms with Crippen LogP contribution in [0.3, 0.4) is 0 Å². The van der Waals surface area contributed by atoms with Gasteiger partial charge in [0.05, 0.1) is 11.6 Å². The van der Waals surface area contributed by atoms with Crippen molar-refractivity contribution < 1.29 is 19.1 Å². The largest absolute Gasteiger partial charge is 0.507 e. The molecule has 0 spiro atoms. The van der Waals surface area contributed by atoms with Gasteiger partial charge in [-0.1, -0.05) is 56.7 Å². The van der Waals surface area contributed by atoms with E-state index < -0.39 is 23.5 Å². The Hall–Kier alpha value is -2.95. The van der Waals surface area contributed by atoms with Crippen LogP contribution < -0.4 is 0 Å². The van der Waals surface area contributed by atoms with Gasteiger partial charge in [-0.15, -0.1) is 0 Å². The number of likely N-dealkylation sites (tertiary alicyclic amines) is 1. The average molecular weight is 381 g/mol. The highest BCUT2D eigenvalue weighted by Gasteiger charge is 2.45. The molecule has 1 saturated heterocycles. The number of carbonyl (C=O) groups is 2. The van der Waals surface area contributed by atoms with Crippen LogP contribution in [0.4, 0.5) is 4.39 Å². The number of Topliss-reactive ketones (excluding diaryl/α,β-unsaturated/α-hetero) is 1. The number of amides is 1. The fourth-order valence-corrected chi connectivity index (χ4v) is 3.48. The Labute approximate surface area is 164 Å². The van der Waals surface area contributed by atoms with E-state index in [9.17, 15) is 19.1 Å². The van der Waals surface area contributed by atoms with Gasteiger partial charge >= 0.3 is 0 Å². The lowest BCUT2D eigenvalue weighted by Crippen LogP contribution is -2.30. The van der Waals surface area contributed by atoms with Gasteiger partial charge in [0, 0.05) is 12.1 Å². The maximum Gasteiger partial charge on any atom is 0.295 e. The fraction of sp³-hybridized carbons (Fsp3) is 0.304. The van der Waals surface area contributed by atoms with E-state index in [4.69, 9.17) is 0 Å². The Kier molecular flexibility index (Phi) is 5.93. The maximum absolute atomic E-state index is 13.4. The number of hydrogen-bond acceptors (Lipinski definition) is 3. The SMILES string of the molecule is CCCCN1C(=O)C(=O)/C(=C(\O)c2ccc(CC)cc2)C1c1ccc(F)cc1. The van der Waals surface area contributed by atoms with Crippen LogP contribution in [0.1, 0.15) is 49.4 Å². The second-order valence-electron chi connectivity index (χ2n) is 6.95. The number of rotatable bonds is 6. The molecule has 0 aromatic heterocycles. The van der Waals surface area contributed by atoms with Crippen LogP contribution >= 0.6 is 0 Å². The summed E-state index contributed by atoms with van der Waals surface area (Å²) in [6.07, 6.45) is 2.45. The summed E-state index contributed by atoms with van der Waals surface area (Å²) < 4.78 is 13.4. The number of aliphatic hydroxyl groups is 1. The first-order chi connectivity index (χ1) is 13.5. The van der Waals surface area contributed by atoms with Crippen molar-refractivity contribution in [1.29, 1.82) is 0 Å². The minimum Gasteiger partial charge on any atom is -0.507 e. The highest BCUT2D eigenvalue weighted by molar-refractivity contribution is 6.46. The molecule has 1 fully saturated rings. The third-order valence-corrected chi connectivity index (χ3v) is 5.11. The molecular formula is C23H24FNO3. The van der Waals surface area contributed by atoms with Gasteiger partial charge in [-0.3, -0.25) is 9.59 Å². The number of aliphatic hydroxyl groups excluding tert-OH is 1. The molecule has 1 amide bonds. The molecule has 3 rings (SSSR count). The van der Waals surface area contributed by atoms with E-state index in [-0.39, 0.29) is 11.3 Å². The van der Waals surface area contributed by atoms with Crippen LogP contribution in [0.2, 0.25) is 0 Å². The lowest BCUT2D eigenvalue weighted by Gasteiger charge is -2.25. The summed E-state index contributed by atoms with van der Waals surface area (Å²) in [5, 5.41) is 10.9. The molecule has 0 saturated carbocycles. The molecule has 4 nitrogen and oxygen atoms in total. The van der Waals surface area contributed by atoms with Gasteiger partial charge in [-0.2, -0.15) is 0 Å². The maximum atomic E-state index is 13.4. The first kappa shape index (κ1) is 19.8. The topological polar surface area (TPSA) is 57.6 Å². The van der Waals surface area contributed by atoms with Crippen LogP contribution in [-0.2, 0) is 16.0 Å². The minimum absolute atomic E-state index is 0.0527. The second kappa shape index (κ2) is 8.38. The summed E-state index contributed by atoms with van der Waals surface area (Å²) in [7, 11) is 0. The quantitative estimate of drug-likeness (QED) is 0.452. The average Bonchev–Trinajstić information content (AvgIpc) is 2.97. The first-order valence-corrected chi connectivity index (χ1v) is 9.61. The van der Waals surface area contributed by atoms with Crippen molar-refractivity contribution in [3.8, 4) is 0 Å². The van der Waals surface area contributed by atoms with Crippen molar-refractivity contribution in [3.05, 3.63) is 76.6 Å². The van der Waals surface area contributed by atoms with Crippen LogP contribution in [0.5, 0.6) is 0 Å². The molecule has 28 heavy (non-hydrogen) atoms. The molecule has 1 unspecified atom stereocenters. The van der Waals surface area contributed by atoms with Gasteiger partial charge in [-0.05, 0) is 36.1 Å². The lowest BCUT2D eigenvalue weighted by atomic mass is 9.95. The van der Waals surface area contributed by atoms with E-state index in [0.717, 1.165) is 24.8 Å². The van der Waals surface area contributed by atoms with Gasteiger partial charge in [0.1, 0.15) is 11.6 Å². The molecule has 5 heteroatoms. The standard InChI is InChI=1S/C23H24FNO3/c1-3-5-14-25-20(16-10-12-18(24)13-11-16)19(22(27)23(25)28)21(26)17-8-6-15(4-2)7-9-17/h6-13,20,26H,3-5,14H2,1-2H3/b21-19-. The Morgan fingerprint density at radius 2 is 1.68 bits per heavy atom. The lowest BCUT2D eigenvalue weighted by molar-refractivity contribution is -0.139. The number of ketones is 1. The predicted octanol–water partition coefficient (Wildman–Crippen LogP) is 4.61. The van der Waals surface area contributed by atoms with Crippen LogP contribution in [0.25, 0.3) is 5.76 Å². The monoisotopic (exact) mass is 381 g/mol. The van der Waals surface area contributed by atoms with Crippen LogP contribution in [-0.4, -0.2) is 28.2 Å². The summed E-state index contributed by atoms with van der Waals surface area (Å²) in [6.45, 7) is 4.43. The van der Waals surface area contributed by atoms with E-state index in [0.29, 0.717) is 17.7 Å². The fourth-order valence-electron chi connectivity index (χ4n) is 3.48. The Balaban J connectivity index is 2.12. The molecule has 1 atom stereocenters. The minimum atomic E-state index is -0.724. The Morgan fingerprint density at radius 3 is 2.25 bits per heavy atom. The first-order valence-electron chi connectivity index (χ1n) is 9.61. The molecule has 146 valence electrons. The zero-order valence-electron chi connectivity index (χ0n) is 16.1. The molecule has 1 aliphatic rings. The Bertz CT molecular complexity index is 900. The molecule has 1 heterocycles. The molecular weight excluding hydrogens is 357 g/mol. The zero-order chi connectivity index (χ0) is 20.3. The van der Waals surface area contributed by atoms with Crippen molar-refractivity contribution in [2.75, 3.05) is 6.54 Å². The van der Waals surface area contributed by atoms with Gasteiger partial charge in [-0.25, -0.2) is 4.39 Å². The van der Waals surface area contributed by atoms with E-state index in [1.54, 1.807) is 24.3 Å². The number of halogens is 1. The summed E-state index contributed by atoms with van der Waals surface area (Å²) in [5.74, 6) is -1.93. The molecule has 0 radical (unpaired) electrons. The number of benzene rings is 2. The predicted molar refractivity (Wildman–Crippen MR) is 106 cm³/mol. The summed E-state index contributed by atoms with van der Waals surface area (Å²) >= 11 is 0. The molecule has 0 aliphatic carbocycles. The van der Waals surface area contributed by atoms with E-state index in [1.807, 2.05) is 26.0 Å². The number of nitrogens with zero attached hydrogens (tertiary/aromatic N) is 1. The molecule has 0 bridgehead atoms. The third-order valence-electron chi connectivity index (χ3n) is 5.11. The van der Waals surface area contributed by atoms with Gasteiger partial charge in [0.25, 0.3) is 11.7 Å². The molecule has 1 N–H and O–H groups in total. The van der Waals surface area contributed by atoms with Crippen LogP contribution in [0, 0.1) is 5.82 Å². The molecule has 1 aliphatic heterocycles. The number of aryl methyl sites for hydroxylation is 1. The van der Waals surface area contributed by atoms with Gasteiger partial charge in [0.15, 0.2) is 0 Å². The van der Waals surface area contributed by atoms with Gasteiger partial charge < -0.3 is 10.0 Å². The van der Waals surface area contributed by atoms with Crippen molar-refractivity contribution >= 4 is 17.4 Å². The van der Waals surface area contributed by atoms with E-state index >= 15 is 0 Å². The smallest absolute Gasteiger partial charge is 0.295 e. The zero-order valence-corrected chi connectivity index (χ0v) is 16.1. The normalized spacial score (nSPS) is 18.7. The van der Waals surface area contributed by atoms with Gasteiger partial charge in [0.2, 0.25) is 0 Å². The number of carbonyl (C=O) groups excluding carboxylic acids is 2. The van der Waals surface area contributed by atoms with Crippen LogP contribution in [0.15, 0.2) is 54.1 Å².